The fraction of sp³-hybridized carbons (Fsp3) is 0.545. The minimum absolute atomic E-state index is 0.00421. The Bertz CT molecular complexity index is 2320. The Hall–Kier alpha value is -5.24. The Labute approximate surface area is 376 Å². The van der Waals surface area contributed by atoms with Gasteiger partial charge < -0.3 is 87.5 Å². The van der Waals surface area contributed by atoms with Gasteiger partial charge in [-0.15, -0.1) is 0 Å². The first-order valence-corrected chi connectivity index (χ1v) is 20.7. The standard InChI is InChI=1S/C44H54O22/c1-16(2)9-14-23-25(61-42-31(53)28(50)30(52)41(57-8)66-42)15-24(48)26-27(49)38(36(62-37(23)26)21-10-12-22(56-7)13-11-21)64-44-33(55)40(35(18(4)58-44)59-19(5)46)65-43-32(54)29(51)39(60-20(6)47)34(63-43)17(3)45/h9-13,15,18,28-35,39-44,48,50-55H,14H2,1-8H3. The second kappa shape index (κ2) is 20.7. The van der Waals surface area contributed by atoms with Gasteiger partial charge in [-0.05, 0) is 58.4 Å². The monoisotopic (exact) mass is 934 g/mol. The number of aromatic hydroxyl groups is 1. The van der Waals surface area contributed by atoms with E-state index in [0.29, 0.717) is 5.75 Å². The molecule has 6 rings (SSSR count). The Balaban J connectivity index is 1.46. The van der Waals surface area contributed by atoms with Crippen molar-refractivity contribution in [1.82, 2.24) is 0 Å². The van der Waals surface area contributed by atoms with Crippen LogP contribution in [0.1, 0.15) is 47.1 Å². The van der Waals surface area contributed by atoms with E-state index in [4.69, 9.17) is 51.8 Å². The molecular formula is C44H54O22. The first-order valence-electron chi connectivity index (χ1n) is 20.7. The van der Waals surface area contributed by atoms with Crippen molar-refractivity contribution in [3.63, 3.8) is 0 Å². The average molecular weight is 935 g/mol. The molecule has 22 heteroatoms. The van der Waals surface area contributed by atoms with Crippen LogP contribution in [0.15, 0.2) is 51.2 Å². The molecule has 3 aliphatic heterocycles. The van der Waals surface area contributed by atoms with E-state index in [0.717, 1.165) is 32.4 Å². The van der Waals surface area contributed by atoms with Crippen LogP contribution in [0.25, 0.3) is 22.3 Å². The van der Waals surface area contributed by atoms with E-state index < -0.39 is 132 Å². The molecule has 0 bridgehead atoms. The molecule has 22 nitrogen and oxygen atoms in total. The number of hydrogen-bond acceptors (Lipinski definition) is 22. The predicted molar refractivity (Wildman–Crippen MR) is 222 cm³/mol. The van der Waals surface area contributed by atoms with E-state index in [1.165, 1.54) is 33.3 Å². The van der Waals surface area contributed by atoms with Gasteiger partial charge in [0.1, 0.15) is 70.9 Å². The van der Waals surface area contributed by atoms with Gasteiger partial charge in [-0.1, -0.05) is 11.6 Å². The molecule has 15 atom stereocenters. The number of ether oxygens (including phenoxy) is 10. The van der Waals surface area contributed by atoms with Crippen LogP contribution in [0.4, 0.5) is 0 Å². The largest absolute Gasteiger partial charge is 0.507 e. The number of methoxy groups -OCH3 is 2. The number of allylic oxidation sites excluding steroid dienone is 2. The smallest absolute Gasteiger partial charge is 0.303 e. The molecule has 3 saturated heterocycles. The van der Waals surface area contributed by atoms with Gasteiger partial charge in [0.05, 0.1) is 13.2 Å². The fourth-order valence-electron chi connectivity index (χ4n) is 7.71. The molecule has 3 aliphatic rings. The van der Waals surface area contributed by atoms with Crippen LogP contribution in [0.2, 0.25) is 0 Å². The number of fused-ring (bicyclic) bond motifs is 1. The number of aliphatic hydroxyl groups excluding tert-OH is 6. The van der Waals surface area contributed by atoms with Gasteiger partial charge in [0.2, 0.25) is 23.8 Å². The van der Waals surface area contributed by atoms with Gasteiger partial charge in [-0.3, -0.25) is 19.2 Å². The highest BCUT2D eigenvalue weighted by Crippen LogP contribution is 2.42. The Morgan fingerprint density at radius 3 is 1.91 bits per heavy atom. The van der Waals surface area contributed by atoms with Crippen molar-refractivity contribution in [1.29, 1.82) is 0 Å². The zero-order valence-electron chi connectivity index (χ0n) is 37.1. The van der Waals surface area contributed by atoms with E-state index >= 15 is 0 Å². The number of phenolic OH excluding ortho intramolecular Hbond substituents is 1. The van der Waals surface area contributed by atoms with Gasteiger partial charge in [-0.2, -0.15) is 0 Å². The van der Waals surface area contributed by atoms with Gasteiger partial charge in [0, 0.05) is 38.2 Å². The number of benzene rings is 2. The zero-order valence-corrected chi connectivity index (χ0v) is 37.1. The van der Waals surface area contributed by atoms with Gasteiger partial charge in [-0.25, -0.2) is 0 Å². The van der Waals surface area contributed by atoms with Gasteiger partial charge >= 0.3 is 11.9 Å². The number of Topliss-reactive ketones (excluding diaryl/α,β-unsaturated/α-hetero) is 1. The SMILES string of the molecule is COc1ccc(-c2oc3c(CC=C(C)C)c(OC4OC(OC)C(O)C(O)C4O)cc(O)c3c(=O)c2OC2OC(C)C(OC(C)=O)C(OC3OC(C(C)=O)C(OC(C)=O)C(O)C3O)C2O)cc1. The summed E-state index contributed by atoms with van der Waals surface area (Å²) in [5, 5.41) is 76.9. The molecular weight excluding hydrogens is 880 g/mol. The van der Waals surface area contributed by atoms with Crippen LogP contribution in [-0.4, -0.2) is 160 Å². The summed E-state index contributed by atoms with van der Waals surface area (Å²) in [5.41, 5.74) is -0.0851. The molecule has 3 fully saturated rings. The molecule has 2 aromatic carbocycles. The molecule has 3 aromatic rings. The summed E-state index contributed by atoms with van der Waals surface area (Å²) in [4.78, 5) is 51.6. The van der Waals surface area contributed by atoms with E-state index in [9.17, 15) is 54.9 Å². The molecule has 7 N–H and O–H groups in total. The van der Waals surface area contributed by atoms with Crippen LogP contribution in [0.3, 0.4) is 0 Å². The third kappa shape index (κ3) is 10.3. The highest BCUT2D eigenvalue weighted by atomic mass is 16.8. The topological polar surface area (TPSA) is 315 Å². The van der Waals surface area contributed by atoms with Crippen LogP contribution in [0.5, 0.6) is 23.0 Å². The number of carbonyl (C=O) groups is 3. The molecule has 1 aromatic heterocycles. The Morgan fingerprint density at radius 2 is 1.32 bits per heavy atom. The number of aliphatic hydroxyl groups is 6. The third-order valence-electron chi connectivity index (χ3n) is 11.1. The van der Waals surface area contributed by atoms with Crippen molar-refractivity contribution >= 4 is 28.7 Å². The van der Waals surface area contributed by atoms with Gasteiger partial charge in [0.15, 0.2) is 42.4 Å². The van der Waals surface area contributed by atoms with Crippen molar-refractivity contribution < 1.29 is 102 Å². The molecule has 0 saturated carbocycles. The lowest BCUT2D eigenvalue weighted by Crippen LogP contribution is -2.65. The van der Waals surface area contributed by atoms with Crippen molar-refractivity contribution in [2.45, 2.75) is 140 Å². The van der Waals surface area contributed by atoms with Crippen molar-refractivity contribution in [2.24, 2.45) is 0 Å². The number of esters is 2. The van der Waals surface area contributed by atoms with E-state index in [-0.39, 0.29) is 34.6 Å². The van der Waals surface area contributed by atoms with Crippen molar-refractivity contribution in [3.8, 4) is 34.3 Å². The maximum Gasteiger partial charge on any atom is 0.303 e. The number of rotatable bonds is 14. The molecule has 0 aliphatic carbocycles. The summed E-state index contributed by atoms with van der Waals surface area (Å²) in [6.07, 6.45) is -24.1. The third-order valence-corrected chi connectivity index (χ3v) is 11.1. The molecule has 0 spiro atoms. The van der Waals surface area contributed by atoms with Crippen LogP contribution in [-0.2, 0) is 54.0 Å². The van der Waals surface area contributed by atoms with Crippen LogP contribution >= 0.6 is 0 Å². The first kappa shape index (κ1) is 50.2. The normalized spacial score (nSPS) is 32.2. The van der Waals surface area contributed by atoms with Crippen LogP contribution < -0.4 is 19.6 Å². The fourth-order valence-corrected chi connectivity index (χ4v) is 7.71. The lowest BCUT2D eigenvalue weighted by Gasteiger charge is -2.46. The van der Waals surface area contributed by atoms with Gasteiger partial charge in [0.25, 0.3) is 0 Å². The number of hydrogen-bond donors (Lipinski definition) is 7. The average Bonchev–Trinajstić information content (AvgIpc) is 3.26. The highest BCUT2D eigenvalue weighted by molar-refractivity contribution is 5.91. The Morgan fingerprint density at radius 1 is 0.712 bits per heavy atom. The predicted octanol–water partition coefficient (Wildman–Crippen LogP) is 0.242. The Kier molecular flexibility index (Phi) is 15.8. The molecule has 66 heavy (non-hydrogen) atoms. The van der Waals surface area contributed by atoms with Crippen LogP contribution in [0, 0.1) is 0 Å². The summed E-state index contributed by atoms with van der Waals surface area (Å²) in [5.74, 6) is -3.85. The van der Waals surface area contributed by atoms with Crippen molar-refractivity contribution in [2.75, 3.05) is 14.2 Å². The first-order chi connectivity index (χ1) is 31.2. The summed E-state index contributed by atoms with van der Waals surface area (Å²) < 4.78 is 62.9. The summed E-state index contributed by atoms with van der Waals surface area (Å²) >= 11 is 0. The lowest BCUT2D eigenvalue weighted by molar-refractivity contribution is -0.345. The van der Waals surface area contributed by atoms with E-state index in [1.54, 1.807) is 32.1 Å². The maximum absolute atomic E-state index is 14.9. The summed E-state index contributed by atoms with van der Waals surface area (Å²) in [6, 6.07) is 7.17. The van der Waals surface area contributed by atoms with E-state index in [1.807, 2.05) is 0 Å². The molecule has 4 heterocycles. The zero-order chi connectivity index (χ0) is 48.5. The molecule has 362 valence electrons. The lowest BCUT2D eigenvalue weighted by atomic mass is 9.95. The minimum atomic E-state index is -2.04. The number of ketones is 1. The van der Waals surface area contributed by atoms with Crippen molar-refractivity contribution in [3.05, 3.63) is 57.8 Å². The highest BCUT2D eigenvalue weighted by Gasteiger charge is 2.54. The quantitative estimate of drug-likeness (QED) is 0.0841. The molecule has 0 amide bonds. The second-order valence-corrected chi connectivity index (χ2v) is 16.2. The van der Waals surface area contributed by atoms with E-state index in [2.05, 4.69) is 0 Å². The summed E-state index contributed by atoms with van der Waals surface area (Å²) in [7, 11) is 2.63. The maximum atomic E-state index is 14.9. The number of phenols is 1. The summed E-state index contributed by atoms with van der Waals surface area (Å²) in [6.45, 7) is 8.17. The minimum Gasteiger partial charge on any atom is -0.507 e. The number of carbonyl (C=O) groups excluding carboxylic acids is 3. The molecule has 15 unspecified atom stereocenters. The molecule has 0 radical (unpaired) electrons. The second-order valence-electron chi connectivity index (χ2n) is 16.2.